The summed E-state index contributed by atoms with van der Waals surface area (Å²) in [5.74, 6) is -3.64. The van der Waals surface area contributed by atoms with E-state index < -0.39 is 47.7 Å². The van der Waals surface area contributed by atoms with E-state index in [2.05, 4.69) is 9.72 Å². The average molecular weight is 525 g/mol. The molecular weight excluding hydrogens is 512 g/mol. The number of aromatic nitrogens is 1. The van der Waals surface area contributed by atoms with Crippen molar-refractivity contribution in [3.05, 3.63) is 78.6 Å². The lowest BCUT2D eigenvalue weighted by atomic mass is 10.2. The van der Waals surface area contributed by atoms with Crippen molar-refractivity contribution in [1.82, 2.24) is 4.98 Å². The fourth-order valence-corrected chi connectivity index (χ4v) is 3.32. The van der Waals surface area contributed by atoms with Gasteiger partial charge in [0.1, 0.15) is 11.5 Å². The molecule has 0 bridgehead atoms. The third kappa shape index (κ3) is 5.32. The largest absolute Gasteiger partial charge is 0.491 e. The molecule has 14 heteroatoms. The second kappa shape index (κ2) is 9.44. The van der Waals surface area contributed by atoms with Crippen molar-refractivity contribution in [2.24, 2.45) is 0 Å². The second-order valence-corrected chi connectivity index (χ2v) is 7.41. The van der Waals surface area contributed by atoms with E-state index in [0.717, 1.165) is 12.1 Å². The third-order valence-electron chi connectivity index (χ3n) is 4.93. The fraction of sp³-hybridized carbons (Fsp3) is 0.130. The zero-order valence-electron chi connectivity index (χ0n) is 18.2. The maximum Gasteiger partial charge on any atom is 0.491 e. The Labute approximate surface area is 203 Å². The molecule has 8 nitrogen and oxygen atoms in total. The van der Waals surface area contributed by atoms with Crippen molar-refractivity contribution < 1.29 is 50.2 Å². The zero-order valence-corrected chi connectivity index (χ0v) is 18.2. The highest BCUT2D eigenvalue weighted by molar-refractivity contribution is 6.28. The molecule has 37 heavy (non-hydrogen) atoms. The van der Waals surface area contributed by atoms with Gasteiger partial charge in [0.25, 0.3) is 12.1 Å². The molecule has 1 unspecified atom stereocenters. The van der Waals surface area contributed by atoms with Gasteiger partial charge in [-0.25, -0.2) is 19.4 Å². The molecule has 0 saturated carbocycles. The SMILES string of the molecule is O=C1C(OC(=O)C(F)(F)F)N(c2cccc(C(F)(F)F)c2)C(=O)N1c1ccc(Oc2cccnc2)cc1. The highest BCUT2D eigenvalue weighted by atomic mass is 19.4. The van der Waals surface area contributed by atoms with E-state index in [4.69, 9.17) is 4.74 Å². The van der Waals surface area contributed by atoms with E-state index in [0.29, 0.717) is 22.8 Å². The van der Waals surface area contributed by atoms with Gasteiger partial charge in [0.2, 0.25) is 0 Å². The lowest BCUT2D eigenvalue weighted by Crippen LogP contribution is -2.42. The number of imide groups is 1. The monoisotopic (exact) mass is 525 g/mol. The predicted molar refractivity (Wildman–Crippen MR) is 113 cm³/mol. The van der Waals surface area contributed by atoms with Gasteiger partial charge >= 0.3 is 24.4 Å². The van der Waals surface area contributed by atoms with Gasteiger partial charge in [-0.1, -0.05) is 6.07 Å². The van der Waals surface area contributed by atoms with Crippen LogP contribution in [0.4, 0.5) is 42.5 Å². The van der Waals surface area contributed by atoms with Gasteiger partial charge in [-0.3, -0.25) is 9.78 Å². The first-order valence-corrected chi connectivity index (χ1v) is 10.2. The number of halogens is 6. The summed E-state index contributed by atoms with van der Waals surface area (Å²) < 4.78 is 87.9. The number of carbonyl (C=O) groups excluding carboxylic acids is 3. The Morgan fingerprint density at radius 1 is 0.865 bits per heavy atom. The number of nitrogens with zero attached hydrogens (tertiary/aromatic N) is 3. The number of alkyl halides is 6. The highest BCUT2D eigenvalue weighted by Crippen LogP contribution is 2.36. The Morgan fingerprint density at radius 2 is 1.57 bits per heavy atom. The lowest BCUT2D eigenvalue weighted by Gasteiger charge is -2.22. The molecule has 0 radical (unpaired) electrons. The van der Waals surface area contributed by atoms with Crippen molar-refractivity contribution in [3.63, 3.8) is 0 Å². The average Bonchev–Trinajstić information content (AvgIpc) is 3.08. The Bertz CT molecular complexity index is 1330. The molecule has 0 spiro atoms. The number of benzene rings is 2. The summed E-state index contributed by atoms with van der Waals surface area (Å²) in [5, 5.41) is 0. The summed E-state index contributed by atoms with van der Waals surface area (Å²) in [5.41, 5.74) is -2.04. The smallest absolute Gasteiger partial charge is 0.456 e. The lowest BCUT2D eigenvalue weighted by molar-refractivity contribution is -0.204. The number of rotatable bonds is 5. The van der Waals surface area contributed by atoms with Gasteiger partial charge in [-0.2, -0.15) is 26.3 Å². The quantitative estimate of drug-likeness (QED) is 0.255. The van der Waals surface area contributed by atoms with Crippen molar-refractivity contribution in [3.8, 4) is 11.5 Å². The fourth-order valence-electron chi connectivity index (χ4n) is 3.32. The number of amides is 3. The summed E-state index contributed by atoms with van der Waals surface area (Å²) in [4.78, 5) is 42.1. The zero-order chi connectivity index (χ0) is 27.0. The number of carbonyl (C=O) groups is 3. The molecule has 3 aromatic rings. The number of esters is 1. The number of ether oxygens (including phenoxy) is 2. The molecule has 1 atom stereocenters. The van der Waals surface area contributed by atoms with E-state index in [9.17, 15) is 40.7 Å². The first-order chi connectivity index (χ1) is 17.4. The van der Waals surface area contributed by atoms with E-state index in [-0.39, 0.29) is 16.3 Å². The minimum absolute atomic E-state index is 0.170. The molecule has 192 valence electrons. The van der Waals surface area contributed by atoms with Gasteiger partial charge in [0.05, 0.1) is 23.1 Å². The molecule has 0 N–H and O–H groups in total. The van der Waals surface area contributed by atoms with Crippen molar-refractivity contribution >= 4 is 29.3 Å². The standard InChI is InChI=1S/C23H13F6N3O5/c24-22(25,26)13-3-1-4-15(11-13)32-19(37-20(34)23(27,28)29)18(33)31(21(32)35)14-6-8-16(9-7-14)36-17-5-2-10-30-12-17/h1-12,19H. The number of urea groups is 1. The number of pyridine rings is 1. The van der Waals surface area contributed by atoms with Crippen molar-refractivity contribution in [2.45, 2.75) is 18.6 Å². The van der Waals surface area contributed by atoms with Crippen LogP contribution in [0.5, 0.6) is 11.5 Å². The first kappa shape index (κ1) is 25.5. The molecule has 0 aliphatic carbocycles. The number of anilines is 2. The Morgan fingerprint density at radius 3 is 2.16 bits per heavy atom. The van der Waals surface area contributed by atoms with Crippen LogP contribution in [-0.2, 0) is 20.5 Å². The van der Waals surface area contributed by atoms with Gasteiger partial charge in [0.15, 0.2) is 0 Å². The van der Waals surface area contributed by atoms with Crippen LogP contribution in [0.3, 0.4) is 0 Å². The summed E-state index contributed by atoms with van der Waals surface area (Å²) in [7, 11) is 0. The summed E-state index contributed by atoms with van der Waals surface area (Å²) >= 11 is 0. The van der Waals surface area contributed by atoms with Crippen LogP contribution in [-0.4, -0.2) is 35.3 Å². The predicted octanol–water partition coefficient (Wildman–Crippen LogP) is 5.30. The van der Waals surface area contributed by atoms with Crippen molar-refractivity contribution in [1.29, 1.82) is 0 Å². The van der Waals surface area contributed by atoms with Crippen LogP contribution in [0.15, 0.2) is 73.1 Å². The van der Waals surface area contributed by atoms with E-state index in [1.165, 1.54) is 36.7 Å². The normalized spacial score (nSPS) is 16.2. The topological polar surface area (TPSA) is 89.0 Å². The molecule has 4 rings (SSSR count). The number of hydrogen-bond acceptors (Lipinski definition) is 6. The molecule has 1 aliphatic heterocycles. The van der Waals surface area contributed by atoms with Crippen molar-refractivity contribution in [2.75, 3.05) is 9.80 Å². The van der Waals surface area contributed by atoms with Crippen LogP contribution in [0.2, 0.25) is 0 Å². The Hall–Kier alpha value is -4.62. The summed E-state index contributed by atoms with van der Waals surface area (Å²) in [6, 6.07) is 9.85. The summed E-state index contributed by atoms with van der Waals surface area (Å²) in [6.45, 7) is 0. The second-order valence-electron chi connectivity index (χ2n) is 7.41. The molecule has 1 fully saturated rings. The minimum atomic E-state index is -5.54. The molecule has 2 heterocycles. The highest BCUT2D eigenvalue weighted by Gasteiger charge is 2.53. The van der Waals surface area contributed by atoms with Crippen LogP contribution < -0.4 is 14.5 Å². The van der Waals surface area contributed by atoms with E-state index >= 15 is 0 Å². The van der Waals surface area contributed by atoms with Gasteiger partial charge in [-0.15, -0.1) is 0 Å². The summed E-state index contributed by atoms with van der Waals surface area (Å²) in [6.07, 6.45) is -10.0. The van der Waals surface area contributed by atoms with Crippen LogP contribution in [0, 0.1) is 0 Å². The van der Waals surface area contributed by atoms with Crippen LogP contribution in [0.25, 0.3) is 0 Å². The maximum absolute atomic E-state index is 13.2. The van der Waals surface area contributed by atoms with Gasteiger partial charge in [0, 0.05) is 6.20 Å². The van der Waals surface area contributed by atoms with Crippen LogP contribution >= 0.6 is 0 Å². The molecule has 3 amide bonds. The van der Waals surface area contributed by atoms with E-state index in [1.54, 1.807) is 12.1 Å². The third-order valence-corrected chi connectivity index (χ3v) is 4.93. The molecular formula is C23H13F6N3O5. The maximum atomic E-state index is 13.2. The first-order valence-electron chi connectivity index (χ1n) is 10.2. The molecule has 1 aliphatic rings. The molecule has 1 saturated heterocycles. The van der Waals surface area contributed by atoms with Crippen LogP contribution in [0.1, 0.15) is 5.56 Å². The van der Waals surface area contributed by atoms with Gasteiger partial charge in [-0.05, 0) is 54.6 Å². The molecule has 2 aromatic carbocycles. The molecule has 1 aromatic heterocycles. The Balaban J connectivity index is 1.69. The minimum Gasteiger partial charge on any atom is -0.456 e. The number of hydrogen-bond donors (Lipinski definition) is 0. The van der Waals surface area contributed by atoms with E-state index in [1.807, 2.05) is 0 Å². The van der Waals surface area contributed by atoms with Gasteiger partial charge < -0.3 is 9.47 Å². The Kier molecular flexibility index (Phi) is 6.50.